The Kier molecular flexibility index (Phi) is 5.93. The average Bonchev–Trinajstić information content (AvgIpc) is 3.50. The smallest absolute Gasteiger partial charge is 0.171 e. The first-order valence-electron chi connectivity index (χ1n) is 11.3. The molecule has 1 aromatic rings. The lowest BCUT2D eigenvalue weighted by atomic mass is 9.77. The maximum Gasteiger partial charge on any atom is 0.171 e. The molecule has 0 N–H and O–H groups in total. The lowest BCUT2D eigenvalue weighted by molar-refractivity contribution is -0.386. The SMILES string of the molecule is [CH2]C1(C)COC2(CC(C)(C)N(OC(C)c3ccc(OCC4CO4)cc3)C(C)(C)C2)OC1. The molecular formula is C25H38NO5. The summed E-state index contributed by atoms with van der Waals surface area (Å²) in [4.78, 5) is 6.58. The normalized spacial score (nSPS) is 29.5. The second-order valence-corrected chi connectivity index (χ2v) is 11.2. The minimum atomic E-state index is -0.586. The summed E-state index contributed by atoms with van der Waals surface area (Å²) in [7, 11) is 0. The van der Waals surface area contributed by atoms with Crippen LogP contribution in [0.15, 0.2) is 24.3 Å². The molecule has 1 spiro atoms. The molecule has 4 rings (SSSR count). The molecule has 3 saturated heterocycles. The first-order valence-corrected chi connectivity index (χ1v) is 11.3. The molecule has 6 heteroatoms. The summed E-state index contributed by atoms with van der Waals surface area (Å²) in [6.45, 7) is 19.8. The van der Waals surface area contributed by atoms with Gasteiger partial charge in [0.1, 0.15) is 24.6 Å². The number of benzene rings is 1. The first kappa shape index (κ1) is 23.0. The molecule has 3 heterocycles. The van der Waals surface area contributed by atoms with Gasteiger partial charge in [-0.05, 0) is 59.2 Å². The predicted molar refractivity (Wildman–Crippen MR) is 119 cm³/mol. The van der Waals surface area contributed by atoms with Crippen LogP contribution in [0, 0.1) is 12.3 Å². The summed E-state index contributed by atoms with van der Waals surface area (Å²) in [6.07, 6.45) is 1.64. The fourth-order valence-corrected chi connectivity index (χ4v) is 4.94. The number of hydrogen-bond donors (Lipinski definition) is 0. The van der Waals surface area contributed by atoms with Gasteiger partial charge in [-0.3, -0.25) is 4.84 Å². The largest absolute Gasteiger partial charge is 0.491 e. The van der Waals surface area contributed by atoms with Crippen molar-refractivity contribution < 1.29 is 23.8 Å². The van der Waals surface area contributed by atoms with Crippen molar-refractivity contribution in [3.05, 3.63) is 36.8 Å². The summed E-state index contributed by atoms with van der Waals surface area (Å²) >= 11 is 0. The quantitative estimate of drug-likeness (QED) is 0.608. The minimum Gasteiger partial charge on any atom is -0.491 e. The third-order valence-corrected chi connectivity index (χ3v) is 6.32. The summed E-state index contributed by atoms with van der Waals surface area (Å²) in [5.41, 5.74) is 0.389. The van der Waals surface area contributed by atoms with E-state index in [0.29, 0.717) is 19.8 Å². The van der Waals surface area contributed by atoms with Gasteiger partial charge in [0.15, 0.2) is 5.79 Å². The van der Waals surface area contributed by atoms with Crippen molar-refractivity contribution >= 4 is 0 Å². The molecule has 31 heavy (non-hydrogen) atoms. The number of hydroxylamine groups is 2. The van der Waals surface area contributed by atoms with Crippen LogP contribution < -0.4 is 4.74 Å². The van der Waals surface area contributed by atoms with Gasteiger partial charge < -0.3 is 18.9 Å². The fraction of sp³-hybridized carbons (Fsp3) is 0.720. The van der Waals surface area contributed by atoms with Crippen molar-refractivity contribution in [3.63, 3.8) is 0 Å². The van der Waals surface area contributed by atoms with Gasteiger partial charge in [0.05, 0.1) is 19.8 Å². The highest BCUT2D eigenvalue weighted by atomic mass is 16.7. The Hall–Kier alpha value is -1.18. The molecule has 173 valence electrons. The van der Waals surface area contributed by atoms with Crippen LogP contribution >= 0.6 is 0 Å². The highest BCUT2D eigenvalue weighted by Crippen LogP contribution is 2.49. The molecule has 2 atom stereocenters. The number of epoxide rings is 1. The fourth-order valence-electron chi connectivity index (χ4n) is 4.94. The number of hydrogen-bond acceptors (Lipinski definition) is 6. The average molecular weight is 433 g/mol. The molecule has 0 saturated carbocycles. The Labute approximate surface area is 187 Å². The van der Waals surface area contributed by atoms with Gasteiger partial charge >= 0.3 is 0 Å². The van der Waals surface area contributed by atoms with Crippen LogP contribution in [0.4, 0.5) is 0 Å². The van der Waals surface area contributed by atoms with Crippen molar-refractivity contribution in [1.82, 2.24) is 5.06 Å². The third kappa shape index (κ3) is 5.25. The van der Waals surface area contributed by atoms with Crippen molar-refractivity contribution in [1.29, 1.82) is 0 Å². The van der Waals surface area contributed by atoms with Crippen LogP contribution in [0.1, 0.15) is 66.1 Å². The van der Waals surface area contributed by atoms with Gasteiger partial charge in [0.25, 0.3) is 0 Å². The van der Waals surface area contributed by atoms with E-state index in [1.165, 1.54) is 0 Å². The van der Waals surface area contributed by atoms with E-state index in [2.05, 4.69) is 65.7 Å². The van der Waals surface area contributed by atoms with E-state index in [9.17, 15) is 0 Å². The predicted octanol–water partition coefficient (Wildman–Crippen LogP) is 4.69. The van der Waals surface area contributed by atoms with E-state index in [0.717, 1.165) is 30.8 Å². The van der Waals surface area contributed by atoms with Gasteiger partial charge in [-0.1, -0.05) is 19.1 Å². The van der Waals surface area contributed by atoms with Crippen LogP contribution in [0.5, 0.6) is 5.75 Å². The summed E-state index contributed by atoms with van der Waals surface area (Å²) in [6, 6.07) is 8.14. The second kappa shape index (κ2) is 7.99. The van der Waals surface area contributed by atoms with Gasteiger partial charge in [-0.2, -0.15) is 5.06 Å². The molecule has 2 unspecified atom stereocenters. The Morgan fingerprint density at radius 1 is 1.03 bits per heavy atom. The van der Waals surface area contributed by atoms with Crippen molar-refractivity contribution in [2.24, 2.45) is 5.41 Å². The molecule has 0 amide bonds. The number of piperidine rings is 1. The maximum absolute atomic E-state index is 6.58. The van der Waals surface area contributed by atoms with Gasteiger partial charge in [0.2, 0.25) is 0 Å². The monoisotopic (exact) mass is 432 g/mol. The zero-order valence-electron chi connectivity index (χ0n) is 19.9. The van der Waals surface area contributed by atoms with E-state index >= 15 is 0 Å². The molecule has 0 aromatic heterocycles. The Bertz CT molecular complexity index is 739. The van der Waals surface area contributed by atoms with Crippen LogP contribution in [0.3, 0.4) is 0 Å². The second-order valence-electron chi connectivity index (χ2n) is 11.2. The molecule has 1 aromatic carbocycles. The van der Waals surface area contributed by atoms with E-state index in [-0.39, 0.29) is 28.7 Å². The Morgan fingerprint density at radius 3 is 2.10 bits per heavy atom. The Balaban J connectivity index is 1.42. The lowest BCUT2D eigenvalue weighted by Gasteiger charge is -2.59. The van der Waals surface area contributed by atoms with Crippen LogP contribution in [-0.2, 0) is 19.0 Å². The number of ether oxygens (including phenoxy) is 4. The van der Waals surface area contributed by atoms with Crippen molar-refractivity contribution in [2.45, 2.75) is 83.5 Å². The lowest BCUT2D eigenvalue weighted by Crippen LogP contribution is -2.68. The highest BCUT2D eigenvalue weighted by molar-refractivity contribution is 5.28. The summed E-state index contributed by atoms with van der Waals surface area (Å²) in [5, 5.41) is 2.15. The minimum absolute atomic E-state index is 0.0928. The summed E-state index contributed by atoms with van der Waals surface area (Å²) < 4.78 is 23.5. The van der Waals surface area contributed by atoms with Crippen molar-refractivity contribution in [3.8, 4) is 5.75 Å². The molecule has 3 aliphatic heterocycles. The first-order chi connectivity index (χ1) is 14.4. The molecule has 3 fully saturated rings. The van der Waals surface area contributed by atoms with Crippen LogP contribution in [-0.4, -0.2) is 54.5 Å². The molecule has 0 aliphatic carbocycles. The van der Waals surface area contributed by atoms with E-state index in [1.807, 2.05) is 12.1 Å². The van der Waals surface area contributed by atoms with Gasteiger partial charge in [-0.15, -0.1) is 0 Å². The van der Waals surface area contributed by atoms with Crippen LogP contribution in [0.25, 0.3) is 0 Å². The maximum atomic E-state index is 6.58. The topological polar surface area (TPSA) is 52.7 Å². The highest BCUT2D eigenvalue weighted by Gasteiger charge is 2.57. The number of rotatable bonds is 6. The molecule has 6 nitrogen and oxygen atoms in total. The van der Waals surface area contributed by atoms with Crippen LogP contribution in [0.2, 0.25) is 0 Å². The third-order valence-electron chi connectivity index (χ3n) is 6.32. The summed E-state index contributed by atoms with van der Waals surface area (Å²) in [5.74, 6) is 0.272. The number of nitrogens with zero attached hydrogens (tertiary/aromatic N) is 1. The van der Waals surface area contributed by atoms with Gasteiger partial charge in [-0.25, -0.2) is 0 Å². The zero-order valence-corrected chi connectivity index (χ0v) is 19.9. The molecule has 3 aliphatic rings. The standard InChI is InChI=1S/C25H38NO5/c1-18(19-8-10-20(11-9-19)27-12-21-13-28-21)31-26-23(4,5)14-25(15-24(26,6)7)29-16-22(2,3)17-30-25/h8-11,18,21H,2,12-17H2,1,3-7H3. The molecule has 1 radical (unpaired) electrons. The van der Waals surface area contributed by atoms with E-state index in [4.69, 9.17) is 23.8 Å². The van der Waals surface area contributed by atoms with E-state index in [1.54, 1.807) is 0 Å². The van der Waals surface area contributed by atoms with Crippen molar-refractivity contribution in [2.75, 3.05) is 26.4 Å². The zero-order chi connectivity index (χ0) is 22.5. The Morgan fingerprint density at radius 2 is 1.58 bits per heavy atom. The van der Waals surface area contributed by atoms with E-state index < -0.39 is 5.79 Å². The molecule has 0 bridgehead atoms. The van der Waals surface area contributed by atoms with Gasteiger partial charge in [0, 0.05) is 29.3 Å². The molecular weight excluding hydrogens is 394 g/mol.